The predicted octanol–water partition coefficient (Wildman–Crippen LogP) is 3.06. The van der Waals surface area contributed by atoms with E-state index >= 15 is 0 Å². The zero-order valence-corrected chi connectivity index (χ0v) is 13.4. The van der Waals surface area contributed by atoms with E-state index in [1.165, 1.54) is 6.42 Å². The van der Waals surface area contributed by atoms with Crippen LogP contribution in [0.25, 0.3) is 0 Å². The minimum absolute atomic E-state index is 0.217. The van der Waals surface area contributed by atoms with Crippen LogP contribution in [0.2, 0.25) is 0 Å². The molecule has 1 heterocycles. The molecule has 1 N–H and O–H groups in total. The van der Waals surface area contributed by atoms with E-state index in [4.69, 9.17) is 0 Å². The largest absolute Gasteiger partial charge is 0.316 e. The van der Waals surface area contributed by atoms with Crippen LogP contribution in [-0.4, -0.2) is 27.9 Å². The average Bonchev–Trinajstić information content (AvgIpc) is 2.77. The van der Waals surface area contributed by atoms with Crippen molar-refractivity contribution in [2.75, 3.05) is 13.1 Å². The molecule has 1 rings (SSSR count). The molecule has 0 aromatic carbocycles. The highest BCUT2D eigenvalue weighted by Gasteiger charge is 2.30. The number of hydrogen-bond acceptors (Lipinski definition) is 3. The molecule has 0 saturated heterocycles. The van der Waals surface area contributed by atoms with Crippen molar-refractivity contribution in [1.29, 1.82) is 0 Å². The molecule has 1 unspecified atom stereocenters. The predicted molar refractivity (Wildman–Crippen MR) is 80.2 cm³/mol. The van der Waals surface area contributed by atoms with Gasteiger partial charge in [-0.3, -0.25) is 0 Å². The van der Waals surface area contributed by atoms with E-state index in [1.807, 2.05) is 4.68 Å². The topological polar surface area (TPSA) is 42.7 Å². The van der Waals surface area contributed by atoms with Crippen LogP contribution in [0.1, 0.15) is 59.8 Å². The molecule has 0 fully saturated rings. The van der Waals surface area contributed by atoms with Crippen LogP contribution in [0.3, 0.4) is 0 Å². The standard InChI is InChI=1S/C15H30N4/c1-7-8-16-10-15(6,12(2)3)9-14-17-11-18-19(14)13(4)5/h11-13,16H,7-10H2,1-6H3. The Morgan fingerprint density at radius 1 is 1.32 bits per heavy atom. The second-order valence-corrected chi connectivity index (χ2v) is 6.38. The molecule has 1 aromatic heterocycles. The van der Waals surface area contributed by atoms with Crippen molar-refractivity contribution < 1.29 is 0 Å². The molecule has 0 amide bonds. The van der Waals surface area contributed by atoms with E-state index in [1.54, 1.807) is 6.33 Å². The molecule has 0 radical (unpaired) electrons. The summed E-state index contributed by atoms with van der Waals surface area (Å²) in [4.78, 5) is 4.46. The fourth-order valence-electron chi connectivity index (χ4n) is 2.21. The molecule has 0 aliphatic rings. The molecule has 1 aromatic rings. The minimum Gasteiger partial charge on any atom is -0.316 e. The number of hydrogen-bond donors (Lipinski definition) is 1. The first kappa shape index (κ1) is 16.2. The highest BCUT2D eigenvalue weighted by atomic mass is 15.3. The molecule has 19 heavy (non-hydrogen) atoms. The van der Waals surface area contributed by atoms with Crippen LogP contribution >= 0.6 is 0 Å². The van der Waals surface area contributed by atoms with Gasteiger partial charge in [-0.15, -0.1) is 0 Å². The summed E-state index contributed by atoms with van der Waals surface area (Å²) in [6.45, 7) is 15.6. The second kappa shape index (κ2) is 7.04. The Labute approximate surface area is 118 Å². The first-order valence-corrected chi connectivity index (χ1v) is 7.49. The third-order valence-corrected chi connectivity index (χ3v) is 4.05. The van der Waals surface area contributed by atoms with E-state index in [0.29, 0.717) is 12.0 Å². The maximum Gasteiger partial charge on any atom is 0.138 e. The van der Waals surface area contributed by atoms with Gasteiger partial charge in [-0.1, -0.05) is 27.7 Å². The maximum atomic E-state index is 4.46. The fraction of sp³-hybridized carbons (Fsp3) is 0.867. The van der Waals surface area contributed by atoms with Gasteiger partial charge < -0.3 is 5.32 Å². The quantitative estimate of drug-likeness (QED) is 0.735. The van der Waals surface area contributed by atoms with Gasteiger partial charge in [0, 0.05) is 19.0 Å². The third-order valence-electron chi connectivity index (χ3n) is 4.05. The summed E-state index contributed by atoms with van der Waals surface area (Å²) in [5.41, 5.74) is 0.217. The van der Waals surface area contributed by atoms with Crippen LogP contribution in [0.5, 0.6) is 0 Å². The van der Waals surface area contributed by atoms with Crippen LogP contribution in [0.15, 0.2) is 6.33 Å². The van der Waals surface area contributed by atoms with Crippen LogP contribution in [-0.2, 0) is 6.42 Å². The summed E-state index contributed by atoms with van der Waals surface area (Å²) in [6.07, 6.45) is 3.82. The van der Waals surface area contributed by atoms with Crippen molar-refractivity contribution in [2.24, 2.45) is 11.3 Å². The number of nitrogens with zero attached hydrogens (tertiary/aromatic N) is 3. The lowest BCUT2D eigenvalue weighted by Gasteiger charge is -2.34. The molecule has 4 heteroatoms. The molecular formula is C15H30N4. The zero-order valence-electron chi connectivity index (χ0n) is 13.4. The lowest BCUT2D eigenvalue weighted by atomic mass is 9.76. The maximum absolute atomic E-state index is 4.46. The van der Waals surface area contributed by atoms with E-state index in [-0.39, 0.29) is 5.41 Å². The molecule has 0 aliphatic heterocycles. The highest BCUT2D eigenvalue weighted by Crippen LogP contribution is 2.30. The van der Waals surface area contributed by atoms with Gasteiger partial charge in [0.15, 0.2) is 0 Å². The van der Waals surface area contributed by atoms with Gasteiger partial charge in [0.05, 0.1) is 0 Å². The first-order chi connectivity index (χ1) is 8.90. The third kappa shape index (κ3) is 4.30. The molecule has 0 spiro atoms. The lowest BCUT2D eigenvalue weighted by molar-refractivity contribution is 0.199. The van der Waals surface area contributed by atoms with E-state index < -0.39 is 0 Å². The van der Waals surface area contributed by atoms with Crippen LogP contribution < -0.4 is 5.32 Å². The summed E-state index contributed by atoms with van der Waals surface area (Å²) in [5.74, 6) is 1.71. The Hall–Kier alpha value is -0.900. The molecule has 110 valence electrons. The van der Waals surface area contributed by atoms with Crippen molar-refractivity contribution in [1.82, 2.24) is 20.1 Å². The average molecular weight is 266 g/mol. The van der Waals surface area contributed by atoms with Gasteiger partial charge in [-0.25, -0.2) is 9.67 Å². The minimum atomic E-state index is 0.217. The number of aromatic nitrogens is 3. The van der Waals surface area contributed by atoms with Gasteiger partial charge in [-0.2, -0.15) is 5.10 Å². The van der Waals surface area contributed by atoms with Crippen molar-refractivity contribution in [3.63, 3.8) is 0 Å². The molecule has 0 saturated carbocycles. The zero-order chi connectivity index (χ0) is 14.5. The van der Waals surface area contributed by atoms with Gasteiger partial charge in [0.2, 0.25) is 0 Å². The summed E-state index contributed by atoms with van der Waals surface area (Å²) >= 11 is 0. The summed E-state index contributed by atoms with van der Waals surface area (Å²) in [7, 11) is 0. The SMILES string of the molecule is CCCNCC(C)(Cc1ncnn1C(C)C)C(C)C. The van der Waals surface area contributed by atoms with Gasteiger partial charge in [0.1, 0.15) is 12.2 Å². The first-order valence-electron chi connectivity index (χ1n) is 7.49. The van der Waals surface area contributed by atoms with E-state index in [0.717, 1.165) is 25.3 Å². The van der Waals surface area contributed by atoms with Crippen molar-refractivity contribution in [3.05, 3.63) is 12.2 Å². The highest BCUT2D eigenvalue weighted by molar-refractivity contribution is 4.95. The van der Waals surface area contributed by atoms with Crippen LogP contribution in [0, 0.1) is 11.3 Å². The van der Waals surface area contributed by atoms with Gasteiger partial charge >= 0.3 is 0 Å². The Morgan fingerprint density at radius 2 is 2.00 bits per heavy atom. The number of nitrogens with one attached hydrogen (secondary N) is 1. The summed E-state index contributed by atoms with van der Waals surface area (Å²) < 4.78 is 2.04. The number of rotatable bonds is 8. The molecule has 0 aliphatic carbocycles. The molecule has 4 nitrogen and oxygen atoms in total. The van der Waals surface area contributed by atoms with Gasteiger partial charge in [-0.05, 0) is 38.1 Å². The van der Waals surface area contributed by atoms with Crippen molar-refractivity contribution in [3.8, 4) is 0 Å². The van der Waals surface area contributed by atoms with E-state index in [9.17, 15) is 0 Å². The summed E-state index contributed by atoms with van der Waals surface area (Å²) in [5, 5.41) is 7.90. The molecular weight excluding hydrogens is 236 g/mol. The second-order valence-electron chi connectivity index (χ2n) is 6.38. The Balaban J connectivity index is 2.80. The van der Waals surface area contributed by atoms with Crippen molar-refractivity contribution in [2.45, 2.75) is 60.4 Å². The monoisotopic (exact) mass is 266 g/mol. The van der Waals surface area contributed by atoms with Gasteiger partial charge in [0.25, 0.3) is 0 Å². The normalized spacial score (nSPS) is 15.2. The fourth-order valence-corrected chi connectivity index (χ4v) is 2.21. The Bertz CT molecular complexity index is 370. The molecule has 1 atom stereocenters. The Kier molecular flexibility index (Phi) is 5.98. The Morgan fingerprint density at radius 3 is 2.53 bits per heavy atom. The molecule has 0 bridgehead atoms. The summed E-state index contributed by atoms with van der Waals surface area (Å²) in [6, 6.07) is 0.373. The lowest BCUT2D eigenvalue weighted by Crippen LogP contribution is -2.39. The van der Waals surface area contributed by atoms with E-state index in [2.05, 4.69) is 56.9 Å². The van der Waals surface area contributed by atoms with Crippen molar-refractivity contribution >= 4 is 0 Å². The van der Waals surface area contributed by atoms with Crippen LogP contribution in [0.4, 0.5) is 0 Å². The smallest absolute Gasteiger partial charge is 0.138 e.